The number of nitrogens with zero attached hydrogens (tertiary/aromatic N) is 1. The summed E-state index contributed by atoms with van der Waals surface area (Å²) in [4.78, 5) is 26.0. The first-order valence-electron chi connectivity index (χ1n) is 10.0. The lowest BCUT2D eigenvalue weighted by Crippen LogP contribution is -2.32. The molecule has 2 amide bonds. The summed E-state index contributed by atoms with van der Waals surface area (Å²) in [5, 5.41) is 13.9. The van der Waals surface area contributed by atoms with E-state index < -0.39 is 17.6 Å². The van der Waals surface area contributed by atoms with Crippen molar-refractivity contribution in [2.24, 2.45) is 0 Å². The fraction of sp³-hybridized carbons (Fsp3) is 0.304. The summed E-state index contributed by atoms with van der Waals surface area (Å²) in [6.07, 6.45) is 2.88. The number of aliphatic hydroxyl groups excluding tert-OH is 1. The van der Waals surface area contributed by atoms with Crippen molar-refractivity contribution in [3.05, 3.63) is 80.8 Å². The molecule has 164 valence electrons. The lowest BCUT2D eigenvalue weighted by molar-refractivity contribution is -0.127. The van der Waals surface area contributed by atoms with Gasteiger partial charge in [-0.3, -0.25) is 9.59 Å². The largest absolute Gasteiger partial charge is 0.503 e. The van der Waals surface area contributed by atoms with Crippen LogP contribution in [0.3, 0.4) is 0 Å². The van der Waals surface area contributed by atoms with Gasteiger partial charge in [-0.15, -0.1) is 0 Å². The zero-order valence-corrected chi connectivity index (χ0v) is 18.3. The van der Waals surface area contributed by atoms with Crippen LogP contribution in [0.15, 0.2) is 53.8 Å². The Morgan fingerprint density at radius 3 is 2.45 bits per heavy atom. The second-order valence-electron chi connectivity index (χ2n) is 7.39. The molecule has 1 aliphatic rings. The van der Waals surface area contributed by atoms with E-state index in [0.29, 0.717) is 29.6 Å². The molecule has 0 fully saturated rings. The number of rotatable bonds is 9. The van der Waals surface area contributed by atoms with Gasteiger partial charge in [0.15, 0.2) is 5.76 Å². The third kappa shape index (κ3) is 6.21. The molecule has 31 heavy (non-hydrogen) atoms. The Bertz CT molecular complexity index is 993. The molecule has 0 atom stereocenters. The molecule has 3 rings (SSSR count). The fourth-order valence-corrected chi connectivity index (χ4v) is 3.67. The van der Waals surface area contributed by atoms with Crippen LogP contribution in [0.5, 0.6) is 0 Å². The molecule has 0 spiro atoms. The molecule has 0 aromatic heterocycles. The molecular weight excluding hydrogens is 442 g/mol. The summed E-state index contributed by atoms with van der Waals surface area (Å²) in [5.41, 5.74) is 2.02. The standard InChI is InChI=1S/C23H23Cl2FN2O3/c24-19-9-6-16(13-20(19)25)3-1-2-11-27-22(30)18-14-28(23(31)21(18)29)12-10-15-4-7-17(26)8-5-15/h4-9,13,29H,1-3,10-12,14H2,(H,27,30). The molecule has 1 aliphatic heterocycles. The fourth-order valence-electron chi connectivity index (χ4n) is 3.35. The van der Waals surface area contributed by atoms with Gasteiger partial charge in [-0.2, -0.15) is 0 Å². The zero-order valence-electron chi connectivity index (χ0n) is 16.8. The number of benzene rings is 2. The van der Waals surface area contributed by atoms with Crippen LogP contribution in [-0.2, 0) is 22.4 Å². The van der Waals surface area contributed by atoms with Crippen molar-refractivity contribution in [3.8, 4) is 0 Å². The minimum Gasteiger partial charge on any atom is -0.503 e. The van der Waals surface area contributed by atoms with Crippen LogP contribution in [0.2, 0.25) is 10.0 Å². The maximum absolute atomic E-state index is 13.0. The van der Waals surface area contributed by atoms with E-state index in [9.17, 15) is 19.1 Å². The monoisotopic (exact) mass is 464 g/mol. The normalized spacial score (nSPS) is 13.8. The highest BCUT2D eigenvalue weighted by molar-refractivity contribution is 6.42. The molecule has 2 aromatic rings. The highest BCUT2D eigenvalue weighted by atomic mass is 35.5. The van der Waals surface area contributed by atoms with Gasteiger partial charge in [-0.05, 0) is 61.1 Å². The lowest BCUT2D eigenvalue weighted by atomic mass is 10.1. The molecule has 0 radical (unpaired) electrons. The average molecular weight is 465 g/mol. The maximum Gasteiger partial charge on any atom is 0.289 e. The van der Waals surface area contributed by atoms with Crippen molar-refractivity contribution < 1.29 is 19.1 Å². The second kappa shape index (κ2) is 10.6. The van der Waals surface area contributed by atoms with Gasteiger partial charge in [0.25, 0.3) is 11.8 Å². The van der Waals surface area contributed by atoms with E-state index in [1.807, 2.05) is 12.1 Å². The highest BCUT2D eigenvalue weighted by Crippen LogP contribution is 2.23. The SMILES string of the molecule is O=C(NCCCCc1ccc(Cl)c(Cl)c1)C1=C(O)C(=O)N(CCc2ccc(F)cc2)C1. The molecular formula is C23H23Cl2FN2O3. The number of unbranched alkanes of at least 4 members (excludes halogenated alkanes) is 1. The van der Waals surface area contributed by atoms with Gasteiger partial charge in [0.2, 0.25) is 0 Å². The van der Waals surface area contributed by atoms with Gasteiger partial charge >= 0.3 is 0 Å². The van der Waals surface area contributed by atoms with Crippen LogP contribution in [0.1, 0.15) is 24.0 Å². The average Bonchev–Trinajstić information content (AvgIpc) is 3.04. The maximum atomic E-state index is 13.0. The smallest absolute Gasteiger partial charge is 0.289 e. The number of aliphatic hydroxyl groups is 1. The topological polar surface area (TPSA) is 69.6 Å². The number of aryl methyl sites for hydroxylation is 1. The molecule has 2 aromatic carbocycles. The van der Waals surface area contributed by atoms with Gasteiger partial charge in [-0.25, -0.2) is 4.39 Å². The Morgan fingerprint density at radius 1 is 1.03 bits per heavy atom. The van der Waals surface area contributed by atoms with Crippen molar-refractivity contribution in [1.29, 1.82) is 0 Å². The van der Waals surface area contributed by atoms with Crippen LogP contribution >= 0.6 is 23.2 Å². The first kappa shape index (κ1) is 23.1. The van der Waals surface area contributed by atoms with E-state index in [1.54, 1.807) is 18.2 Å². The lowest BCUT2D eigenvalue weighted by Gasteiger charge is -2.16. The van der Waals surface area contributed by atoms with Crippen LogP contribution < -0.4 is 5.32 Å². The number of carbonyl (C=O) groups excluding carboxylic acids is 2. The number of carbonyl (C=O) groups is 2. The number of hydrogen-bond donors (Lipinski definition) is 2. The summed E-state index contributed by atoms with van der Waals surface area (Å²) in [6.45, 7) is 0.816. The molecule has 5 nitrogen and oxygen atoms in total. The summed E-state index contributed by atoms with van der Waals surface area (Å²) in [6, 6.07) is 11.5. The van der Waals surface area contributed by atoms with E-state index >= 15 is 0 Å². The van der Waals surface area contributed by atoms with Gasteiger partial charge < -0.3 is 15.3 Å². The molecule has 0 unspecified atom stereocenters. The number of hydrogen-bond acceptors (Lipinski definition) is 3. The van der Waals surface area contributed by atoms with E-state index in [0.717, 1.165) is 30.4 Å². The predicted octanol–water partition coefficient (Wildman–Crippen LogP) is 4.47. The molecule has 0 saturated heterocycles. The number of nitrogens with one attached hydrogen (secondary N) is 1. The van der Waals surface area contributed by atoms with E-state index in [2.05, 4.69) is 5.32 Å². The second-order valence-corrected chi connectivity index (χ2v) is 8.21. The number of amides is 2. The minimum absolute atomic E-state index is 0.0565. The van der Waals surface area contributed by atoms with Gasteiger partial charge in [0.05, 0.1) is 22.2 Å². The first-order valence-corrected chi connectivity index (χ1v) is 10.8. The van der Waals surface area contributed by atoms with Crippen LogP contribution in [0.4, 0.5) is 4.39 Å². The van der Waals surface area contributed by atoms with Crippen LogP contribution in [0, 0.1) is 5.82 Å². The Labute approximate surface area is 190 Å². The molecule has 0 saturated carbocycles. The third-order valence-electron chi connectivity index (χ3n) is 5.14. The predicted molar refractivity (Wildman–Crippen MR) is 119 cm³/mol. The quantitative estimate of drug-likeness (QED) is 0.537. The van der Waals surface area contributed by atoms with Crippen LogP contribution in [-0.4, -0.2) is 41.5 Å². The van der Waals surface area contributed by atoms with Crippen molar-refractivity contribution >= 4 is 35.0 Å². The Kier molecular flexibility index (Phi) is 7.93. The van der Waals surface area contributed by atoms with Gasteiger partial charge in [0, 0.05) is 13.1 Å². The molecule has 0 bridgehead atoms. The van der Waals surface area contributed by atoms with E-state index in [-0.39, 0.29) is 17.9 Å². The summed E-state index contributed by atoms with van der Waals surface area (Å²) >= 11 is 11.9. The highest BCUT2D eigenvalue weighted by Gasteiger charge is 2.33. The van der Waals surface area contributed by atoms with Gasteiger partial charge in [0.1, 0.15) is 5.82 Å². The summed E-state index contributed by atoms with van der Waals surface area (Å²) in [5.74, 6) is -1.83. The molecule has 8 heteroatoms. The van der Waals surface area contributed by atoms with Gasteiger partial charge in [-0.1, -0.05) is 41.4 Å². The molecule has 2 N–H and O–H groups in total. The van der Waals surface area contributed by atoms with E-state index in [4.69, 9.17) is 23.2 Å². The Morgan fingerprint density at radius 2 is 1.74 bits per heavy atom. The Hall–Kier alpha value is -2.57. The summed E-state index contributed by atoms with van der Waals surface area (Å²) in [7, 11) is 0. The van der Waals surface area contributed by atoms with E-state index in [1.165, 1.54) is 17.0 Å². The molecule has 1 heterocycles. The molecule has 0 aliphatic carbocycles. The third-order valence-corrected chi connectivity index (χ3v) is 5.88. The van der Waals surface area contributed by atoms with Crippen molar-refractivity contribution in [2.75, 3.05) is 19.6 Å². The van der Waals surface area contributed by atoms with Crippen molar-refractivity contribution in [2.45, 2.75) is 25.7 Å². The number of halogens is 3. The first-order chi connectivity index (χ1) is 14.8. The van der Waals surface area contributed by atoms with Crippen LogP contribution in [0.25, 0.3) is 0 Å². The summed E-state index contributed by atoms with van der Waals surface area (Å²) < 4.78 is 13.0. The Balaban J connectivity index is 1.41. The van der Waals surface area contributed by atoms with Crippen molar-refractivity contribution in [3.63, 3.8) is 0 Å². The van der Waals surface area contributed by atoms with Crippen molar-refractivity contribution in [1.82, 2.24) is 10.2 Å². The minimum atomic E-state index is -0.563. The zero-order chi connectivity index (χ0) is 22.4.